The summed E-state index contributed by atoms with van der Waals surface area (Å²) < 4.78 is 0. The third kappa shape index (κ3) is 31.4. The molecule has 0 aliphatic heterocycles. The number of carboxylic acid groups (broad SMARTS) is 2. The van der Waals surface area contributed by atoms with Gasteiger partial charge in [0, 0.05) is 0 Å². The Morgan fingerprint density at radius 1 is 0.824 bits per heavy atom. The second kappa shape index (κ2) is 12.3. The number of aliphatic carboxylic acids is 2. The second-order valence-electron chi connectivity index (χ2n) is 2.23. The maximum atomic E-state index is 9.57. The van der Waals surface area contributed by atoms with Gasteiger partial charge >= 0.3 is 23.1 Å². The van der Waals surface area contributed by atoms with Gasteiger partial charge in [0.1, 0.15) is 0 Å². The number of aliphatic imine (C=N–C) groups is 2. The number of carboxylic acids is 2. The number of hydrogen-bond acceptors (Lipinski definition) is 6. The molecule has 0 aliphatic rings. The van der Waals surface area contributed by atoms with Crippen LogP contribution in [0.1, 0.15) is 0 Å². The van der Waals surface area contributed by atoms with E-state index >= 15 is 0 Å². The van der Waals surface area contributed by atoms with Gasteiger partial charge in [-0.2, -0.15) is 0 Å². The van der Waals surface area contributed by atoms with Crippen molar-refractivity contribution in [1.29, 1.82) is 0 Å². The number of nitrogens with zero attached hydrogens (tertiary/aromatic N) is 2. The van der Waals surface area contributed by atoms with Crippen LogP contribution in [0.2, 0.25) is 0 Å². The van der Waals surface area contributed by atoms with Crippen molar-refractivity contribution in [2.24, 2.45) is 32.9 Å². The number of carbonyl (C=O) groups excluding carboxylic acids is 2. The van der Waals surface area contributed by atoms with Gasteiger partial charge in [-0.25, -0.2) is 9.98 Å². The Morgan fingerprint density at radius 3 is 1.12 bits per heavy atom. The first-order chi connectivity index (χ1) is 7.25. The first-order valence-corrected chi connectivity index (χ1v) is 3.76. The molecular formula is C6H12MgN6O4. The van der Waals surface area contributed by atoms with E-state index in [2.05, 4.69) is 9.98 Å². The van der Waals surface area contributed by atoms with E-state index in [0.717, 1.165) is 0 Å². The molecule has 0 saturated heterocycles. The largest absolute Gasteiger partial charge is 2.00 e. The first kappa shape index (κ1) is 20.6. The molecule has 92 valence electrons. The van der Waals surface area contributed by atoms with Crippen LogP contribution in [0.25, 0.3) is 0 Å². The summed E-state index contributed by atoms with van der Waals surface area (Å²) in [5.41, 5.74) is 19.1. The van der Waals surface area contributed by atoms with E-state index < -0.39 is 25.0 Å². The van der Waals surface area contributed by atoms with Crippen molar-refractivity contribution in [3.8, 4) is 0 Å². The molecule has 0 aromatic heterocycles. The van der Waals surface area contributed by atoms with Crippen LogP contribution in [0.3, 0.4) is 0 Å². The molecule has 0 radical (unpaired) electrons. The molecule has 0 aromatic carbocycles. The van der Waals surface area contributed by atoms with Crippen molar-refractivity contribution in [2.75, 3.05) is 13.1 Å². The molecule has 0 saturated carbocycles. The number of guanidine groups is 2. The van der Waals surface area contributed by atoms with Gasteiger partial charge in [0.25, 0.3) is 0 Å². The molecule has 0 fully saturated rings. The van der Waals surface area contributed by atoms with E-state index in [-0.39, 0.29) is 35.0 Å². The fraction of sp³-hybridized carbons (Fsp3) is 0.333. The molecule has 0 atom stereocenters. The number of nitrogens with two attached hydrogens (primary N) is 4. The average Bonchev–Trinajstić information content (AvgIpc) is 2.12. The summed E-state index contributed by atoms with van der Waals surface area (Å²) in [5, 5.41) is 19.1. The van der Waals surface area contributed by atoms with Crippen molar-refractivity contribution in [2.45, 2.75) is 0 Å². The van der Waals surface area contributed by atoms with Crippen LogP contribution < -0.4 is 33.1 Å². The summed E-state index contributed by atoms with van der Waals surface area (Å²) in [6.07, 6.45) is 0. The fourth-order valence-corrected chi connectivity index (χ4v) is 0.312. The minimum Gasteiger partial charge on any atom is -0.548 e. The van der Waals surface area contributed by atoms with Gasteiger partial charge in [-0.3, -0.25) is 0 Å². The van der Waals surface area contributed by atoms with Gasteiger partial charge in [-0.15, -0.1) is 0 Å². The summed E-state index contributed by atoms with van der Waals surface area (Å²) in [4.78, 5) is 25.4. The summed E-state index contributed by atoms with van der Waals surface area (Å²) in [7, 11) is 0. The maximum Gasteiger partial charge on any atom is 2.00 e. The van der Waals surface area contributed by atoms with E-state index in [1.54, 1.807) is 0 Å². The van der Waals surface area contributed by atoms with Crippen LogP contribution in [0.4, 0.5) is 0 Å². The average molecular weight is 257 g/mol. The predicted molar refractivity (Wildman–Crippen MR) is 57.1 cm³/mol. The Hall–Kier alpha value is -1.75. The van der Waals surface area contributed by atoms with Crippen LogP contribution in [-0.4, -0.2) is 60.0 Å². The van der Waals surface area contributed by atoms with Gasteiger partial charge in [-0.1, -0.05) is 0 Å². The molecule has 0 unspecified atom stereocenters. The quantitative estimate of drug-likeness (QED) is 0.215. The summed E-state index contributed by atoms with van der Waals surface area (Å²) in [5.74, 6) is -3.07. The fourth-order valence-electron chi connectivity index (χ4n) is 0.312. The van der Waals surface area contributed by atoms with Crippen LogP contribution in [0.5, 0.6) is 0 Å². The van der Waals surface area contributed by atoms with Crippen molar-refractivity contribution < 1.29 is 19.8 Å². The normalized spacial score (nSPS) is 7.53. The molecule has 11 heteroatoms. The van der Waals surface area contributed by atoms with E-state index in [0.29, 0.717) is 0 Å². The molecule has 17 heavy (non-hydrogen) atoms. The third-order valence-electron chi connectivity index (χ3n) is 0.781. The van der Waals surface area contributed by atoms with Gasteiger partial charge < -0.3 is 42.7 Å². The minimum atomic E-state index is -1.29. The van der Waals surface area contributed by atoms with Crippen LogP contribution >= 0.6 is 0 Å². The Kier molecular flexibility index (Phi) is 14.9. The topological polar surface area (TPSA) is 209 Å². The van der Waals surface area contributed by atoms with Crippen LogP contribution in [0, 0.1) is 0 Å². The molecule has 0 rings (SSSR count). The Morgan fingerprint density at radius 2 is 1.06 bits per heavy atom. The van der Waals surface area contributed by atoms with E-state index in [9.17, 15) is 19.8 Å². The Labute approximate surface area is 113 Å². The predicted octanol–water partition coefficient (Wildman–Crippen LogP) is -6.36. The molecule has 0 bridgehead atoms. The van der Waals surface area contributed by atoms with Crippen molar-refractivity contribution >= 4 is 46.9 Å². The van der Waals surface area contributed by atoms with Crippen molar-refractivity contribution in [3.63, 3.8) is 0 Å². The number of hydrogen-bond donors (Lipinski definition) is 4. The zero-order valence-electron chi connectivity index (χ0n) is 8.96. The monoisotopic (exact) mass is 256 g/mol. The first-order valence-electron chi connectivity index (χ1n) is 3.76. The smallest absolute Gasteiger partial charge is 0.548 e. The van der Waals surface area contributed by atoms with Gasteiger partial charge in [-0.05, 0) is 0 Å². The third-order valence-corrected chi connectivity index (χ3v) is 0.781. The summed E-state index contributed by atoms with van der Waals surface area (Å²) in [6.45, 7) is -0.940. The van der Waals surface area contributed by atoms with Gasteiger partial charge in [0.05, 0.1) is 25.0 Å². The standard InChI is InChI=1S/2C3H7N3O2.Mg/c2*4-3(5)6-1-2(7)8;/h2*1H2,(H,7,8)(H4,4,5,6);/q;;+2/p-2. The van der Waals surface area contributed by atoms with Crippen molar-refractivity contribution in [1.82, 2.24) is 0 Å². The molecule has 0 heterocycles. The molecular weight excluding hydrogens is 244 g/mol. The zero-order valence-corrected chi connectivity index (χ0v) is 10.4. The van der Waals surface area contributed by atoms with Crippen molar-refractivity contribution in [3.05, 3.63) is 0 Å². The maximum absolute atomic E-state index is 9.57. The van der Waals surface area contributed by atoms with Gasteiger partial charge in [0.15, 0.2) is 11.9 Å². The number of rotatable bonds is 4. The van der Waals surface area contributed by atoms with E-state index in [1.807, 2.05) is 0 Å². The van der Waals surface area contributed by atoms with E-state index in [1.165, 1.54) is 0 Å². The molecule has 0 aliphatic carbocycles. The number of carbonyl (C=O) groups is 2. The molecule has 0 aromatic rings. The summed E-state index contributed by atoms with van der Waals surface area (Å²) in [6, 6.07) is 0. The molecule has 0 spiro atoms. The van der Waals surface area contributed by atoms with Crippen LogP contribution in [0.15, 0.2) is 9.98 Å². The molecule has 0 amide bonds. The zero-order chi connectivity index (χ0) is 13.1. The SMILES string of the molecule is NC(N)=NCC(=O)[O-].NC(N)=NCC(=O)[O-].[Mg+2]. The second-order valence-corrected chi connectivity index (χ2v) is 2.23. The Bertz CT molecular complexity index is 267. The molecule has 8 N–H and O–H groups in total. The van der Waals surface area contributed by atoms with E-state index in [4.69, 9.17) is 22.9 Å². The molecule has 10 nitrogen and oxygen atoms in total. The van der Waals surface area contributed by atoms with Gasteiger partial charge in [0.2, 0.25) is 0 Å². The van der Waals surface area contributed by atoms with Crippen LogP contribution in [-0.2, 0) is 9.59 Å². The Balaban J connectivity index is -0.000000218. The minimum absolute atomic E-state index is 0. The summed E-state index contributed by atoms with van der Waals surface area (Å²) >= 11 is 0.